The summed E-state index contributed by atoms with van der Waals surface area (Å²) in [4.78, 5) is 22.8. The second-order valence-electron chi connectivity index (χ2n) is 4.45. The third kappa shape index (κ3) is 3.67. The first-order valence-electron chi connectivity index (χ1n) is 6.43. The Balaban J connectivity index is 2.45. The Morgan fingerprint density at radius 1 is 1.35 bits per heavy atom. The van der Waals surface area contributed by atoms with E-state index in [0.29, 0.717) is 15.8 Å². The number of carbonyl (C=O) groups excluding carboxylic acids is 1. The van der Waals surface area contributed by atoms with Gasteiger partial charge in [-0.05, 0) is 30.3 Å². The van der Waals surface area contributed by atoms with Gasteiger partial charge in [0.15, 0.2) is 0 Å². The monoisotopic (exact) mass is 374 g/mol. The van der Waals surface area contributed by atoms with Gasteiger partial charge in [-0.15, -0.1) is 0 Å². The number of carbonyl (C=O) groups is 2. The fourth-order valence-electron chi connectivity index (χ4n) is 1.91. The molecule has 0 atom stereocenters. The number of carboxylic acid groups (broad SMARTS) is 1. The van der Waals surface area contributed by atoms with E-state index in [1.807, 2.05) is 0 Å². The van der Waals surface area contributed by atoms with E-state index in [2.05, 4.69) is 21.2 Å². The van der Waals surface area contributed by atoms with Crippen molar-refractivity contribution < 1.29 is 19.1 Å². The summed E-state index contributed by atoms with van der Waals surface area (Å²) in [5, 5.41) is 20.6. The van der Waals surface area contributed by atoms with Crippen LogP contribution < -0.4 is 5.32 Å². The van der Waals surface area contributed by atoms with E-state index in [0.717, 1.165) is 0 Å². The number of benzene rings is 1. The maximum absolute atomic E-state index is 11.5. The number of nitriles is 1. The van der Waals surface area contributed by atoms with Gasteiger partial charge in [0.05, 0.1) is 5.56 Å². The van der Waals surface area contributed by atoms with Crippen molar-refractivity contribution in [1.29, 1.82) is 5.26 Å². The highest BCUT2D eigenvalue weighted by molar-refractivity contribution is 9.10. The summed E-state index contributed by atoms with van der Waals surface area (Å²) in [6.45, 7) is 0. The van der Waals surface area contributed by atoms with Crippen molar-refractivity contribution in [3.63, 3.8) is 0 Å². The van der Waals surface area contributed by atoms with Crippen molar-refractivity contribution in [1.82, 2.24) is 5.32 Å². The van der Waals surface area contributed by atoms with Crippen LogP contribution in [-0.4, -0.2) is 24.0 Å². The van der Waals surface area contributed by atoms with Crippen LogP contribution >= 0.6 is 15.9 Å². The zero-order valence-corrected chi connectivity index (χ0v) is 13.5. The van der Waals surface area contributed by atoms with Crippen LogP contribution in [0.5, 0.6) is 0 Å². The minimum Gasteiger partial charge on any atom is -0.478 e. The molecule has 2 N–H and O–H groups in total. The molecule has 0 unspecified atom stereocenters. The van der Waals surface area contributed by atoms with Crippen molar-refractivity contribution in [3.05, 3.63) is 51.7 Å². The van der Waals surface area contributed by atoms with Gasteiger partial charge in [0.25, 0.3) is 5.91 Å². The van der Waals surface area contributed by atoms with E-state index in [1.54, 1.807) is 30.3 Å². The molecule has 23 heavy (non-hydrogen) atoms. The summed E-state index contributed by atoms with van der Waals surface area (Å²) < 4.78 is 6.18. The predicted molar refractivity (Wildman–Crippen MR) is 86.5 cm³/mol. The van der Waals surface area contributed by atoms with E-state index < -0.39 is 11.9 Å². The van der Waals surface area contributed by atoms with Crippen LogP contribution in [0.3, 0.4) is 0 Å². The molecule has 0 saturated carbocycles. The summed E-state index contributed by atoms with van der Waals surface area (Å²) >= 11 is 3.22. The van der Waals surface area contributed by atoms with Crippen molar-refractivity contribution in [2.45, 2.75) is 0 Å². The number of hydrogen-bond acceptors (Lipinski definition) is 4. The molecular weight excluding hydrogens is 364 g/mol. The lowest BCUT2D eigenvalue weighted by Gasteiger charge is -2.03. The first-order chi connectivity index (χ1) is 11.0. The molecule has 0 spiro atoms. The summed E-state index contributed by atoms with van der Waals surface area (Å²) in [5.41, 5.74) is 0.373. The molecule has 0 saturated heterocycles. The molecule has 1 heterocycles. The lowest BCUT2D eigenvalue weighted by atomic mass is 10.1. The number of furan rings is 1. The van der Waals surface area contributed by atoms with Gasteiger partial charge < -0.3 is 14.8 Å². The van der Waals surface area contributed by atoms with Crippen molar-refractivity contribution in [2.75, 3.05) is 7.05 Å². The normalized spacial score (nSPS) is 10.9. The van der Waals surface area contributed by atoms with Gasteiger partial charge in [-0.1, -0.05) is 15.9 Å². The van der Waals surface area contributed by atoms with Crippen LogP contribution in [0.1, 0.15) is 16.1 Å². The average Bonchev–Trinajstić information content (AvgIpc) is 3.00. The predicted octanol–water partition coefficient (Wildman–Crippen LogP) is 3.06. The van der Waals surface area contributed by atoms with Crippen LogP contribution in [0.15, 0.2) is 44.8 Å². The molecule has 2 aromatic rings. The molecule has 6 nitrogen and oxygen atoms in total. The number of likely N-dealkylation sites (N-methyl/N-ethyl adjacent to an activating group) is 1. The Kier molecular flexibility index (Phi) is 4.98. The van der Waals surface area contributed by atoms with Gasteiger partial charge in [0, 0.05) is 23.2 Å². The Hall–Kier alpha value is -2.85. The minimum atomic E-state index is -1.09. The third-order valence-electron chi connectivity index (χ3n) is 2.98. The van der Waals surface area contributed by atoms with Gasteiger partial charge >= 0.3 is 5.97 Å². The van der Waals surface area contributed by atoms with Gasteiger partial charge in [0.2, 0.25) is 0 Å². The number of aromatic carboxylic acids is 1. The Morgan fingerprint density at radius 2 is 2.09 bits per heavy atom. The molecule has 0 aliphatic carbocycles. The number of rotatable bonds is 4. The maximum Gasteiger partial charge on any atom is 0.336 e. The molecule has 7 heteroatoms. The van der Waals surface area contributed by atoms with Crippen LogP contribution in [0.25, 0.3) is 17.4 Å². The van der Waals surface area contributed by atoms with Crippen molar-refractivity contribution in [3.8, 4) is 17.4 Å². The number of amides is 1. The fourth-order valence-corrected chi connectivity index (χ4v) is 2.27. The average molecular weight is 375 g/mol. The zero-order chi connectivity index (χ0) is 17.0. The molecule has 2 rings (SSSR count). The smallest absolute Gasteiger partial charge is 0.336 e. The highest BCUT2D eigenvalue weighted by Crippen LogP contribution is 2.29. The first-order valence-corrected chi connectivity index (χ1v) is 7.22. The Labute approximate surface area is 140 Å². The molecule has 0 radical (unpaired) electrons. The van der Waals surface area contributed by atoms with Crippen molar-refractivity contribution in [2.24, 2.45) is 0 Å². The van der Waals surface area contributed by atoms with E-state index in [-0.39, 0.29) is 16.9 Å². The maximum atomic E-state index is 11.5. The summed E-state index contributed by atoms with van der Waals surface area (Å²) in [5.74, 6) is -1.01. The lowest BCUT2D eigenvalue weighted by molar-refractivity contribution is -0.116. The van der Waals surface area contributed by atoms with Gasteiger partial charge in [-0.25, -0.2) is 4.79 Å². The zero-order valence-electron chi connectivity index (χ0n) is 12.0. The number of halogens is 1. The van der Waals surface area contributed by atoms with E-state index in [4.69, 9.17) is 9.68 Å². The van der Waals surface area contributed by atoms with Crippen molar-refractivity contribution >= 4 is 33.9 Å². The highest BCUT2D eigenvalue weighted by Gasteiger charge is 2.15. The largest absolute Gasteiger partial charge is 0.478 e. The van der Waals surface area contributed by atoms with Gasteiger partial charge in [-0.2, -0.15) is 5.26 Å². The molecule has 0 aliphatic rings. The van der Waals surface area contributed by atoms with Crippen LogP contribution in [0.4, 0.5) is 0 Å². The molecule has 0 fully saturated rings. The topological polar surface area (TPSA) is 103 Å². The van der Waals surface area contributed by atoms with Crippen LogP contribution in [0, 0.1) is 11.3 Å². The molecule has 1 aromatic heterocycles. The van der Waals surface area contributed by atoms with Gasteiger partial charge in [0.1, 0.15) is 23.2 Å². The number of carboxylic acids is 1. The van der Waals surface area contributed by atoms with E-state index in [1.165, 1.54) is 19.2 Å². The minimum absolute atomic E-state index is 0.0797. The fraction of sp³-hybridized carbons (Fsp3) is 0.0625. The second-order valence-corrected chi connectivity index (χ2v) is 5.36. The third-order valence-corrected chi connectivity index (χ3v) is 3.48. The summed E-state index contributed by atoms with van der Waals surface area (Å²) in [6, 6.07) is 9.71. The quantitative estimate of drug-likeness (QED) is 0.632. The second kappa shape index (κ2) is 6.94. The first kappa shape index (κ1) is 16.5. The molecule has 116 valence electrons. The molecule has 0 aliphatic heterocycles. The Morgan fingerprint density at radius 3 is 2.70 bits per heavy atom. The lowest BCUT2D eigenvalue weighted by Crippen LogP contribution is -2.18. The number of hydrogen-bond donors (Lipinski definition) is 2. The van der Waals surface area contributed by atoms with Crippen LogP contribution in [-0.2, 0) is 4.79 Å². The van der Waals surface area contributed by atoms with Gasteiger partial charge in [-0.3, -0.25) is 4.79 Å². The molecule has 1 aromatic carbocycles. The number of nitrogens with zero attached hydrogens (tertiary/aromatic N) is 1. The summed E-state index contributed by atoms with van der Waals surface area (Å²) in [7, 11) is 1.42. The number of nitrogens with one attached hydrogen (secondary N) is 1. The standard InChI is InChI=1S/C16H11BrN2O4/c1-19-15(20)9(8-18)6-11-3-5-14(23-11)12-4-2-10(17)7-13(12)16(21)22/h2-7H,1H3,(H,19,20)(H,21,22)/b9-6+. The van der Waals surface area contributed by atoms with E-state index in [9.17, 15) is 14.7 Å². The highest BCUT2D eigenvalue weighted by atomic mass is 79.9. The van der Waals surface area contributed by atoms with E-state index >= 15 is 0 Å². The SMILES string of the molecule is CNC(=O)/C(C#N)=C/c1ccc(-c2ccc(Br)cc2C(=O)O)o1. The Bertz CT molecular complexity index is 846. The molecule has 1 amide bonds. The molecule has 0 bridgehead atoms. The van der Waals surface area contributed by atoms with Crippen LogP contribution in [0.2, 0.25) is 0 Å². The summed E-state index contributed by atoms with van der Waals surface area (Å²) in [6.07, 6.45) is 1.29. The molecular formula is C16H11BrN2O4.